The molecule has 13 rings (SSSR count). The van der Waals surface area contributed by atoms with Crippen molar-refractivity contribution in [3.63, 3.8) is 0 Å². The number of hydrogen-bond acceptors (Lipinski definition) is 2. The fourth-order valence-electron chi connectivity index (χ4n) is 10.8. The number of fused-ring (bicyclic) bond motifs is 14. The Morgan fingerprint density at radius 1 is 0.295 bits per heavy atom. The molecule has 0 N–H and O–H groups in total. The summed E-state index contributed by atoms with van der Waals surface area (Å²) in [5, 5.41) is 7.53. The van der Waals surface area contributed by atoms with E-state index in [0.717, 1.165) is 28.1 Å². The van der Waals surface area contributed by atoms with Gasteiger partial charge in [0.1, 0.15) is 0 Å². The fraction of sp³-hybridized carbons (Fsp3) is 0.0169. The molecular weight excluding hydrogens is 737 g/mol. The normalized spacial score (nSPS) is 13.0. The average Bonchev–Trinajstić information content (AvgIpc) is 3.81. The highest BCUT2D eigenvalue weighted by Crippen LogP contribution is 2.64. The van der Waals surface area contributed by atoms with Crippen molar-refractivity contribution in [2.75, 3.05) is 0 Å². The van der Waals surface area contributed by atoms with E-state index < -0.39 is 5.41 Å². The van der Waals surface area contributed by atoms with Crippen molar-refractivity contribution in [3.05, 3.63) is 241 Å². The van der Waals surface area contributed by atoms with E-state index in [1.807, 2.05) is 6.07 Å². The Hall–Kier alpha value is -7.94. The number of hydrogen-bond donors (Lipinski definition) is 0. The molecule has 0 saturated heterocycles. The van der Waals surface area contributed by atoms with Gasteiger partial charge in [-0.1, -0.05) is 206 Å². The van der Waals surface area contributed by atoms with Crippen molar-refractivity contribution in [1.82, 2.24) is 9.97 Å². The Labute approximate surface area is 354 Å². The van der Waals surface area contributed by atoms with Crippen LogP contribution in [0.15, 0.2) is 218 Å². The molecule has 0 aliphatic heterocycles. The third-order valence-electron chi connectivity index (χ3n) is 13.3. The van der Waals surface area contributed by atoms with Crippen LogP contribution in [0.5, 0.6) is 0 Å². The molecule has 0 radical (unpaired) electrons. The second-order valence-electron chi connectivity index (χ2n) is 16.4. The predicted octanol–water partition coefficient (Wildman–Crippen LogP) is 14.9. The standard InChI is InChI=1S/C59H36N2/c1-2-16-40(17-3-1)58-60-54(38-29-31-39(32-30-38)56-43-20-7-5-18-41(43)35-50-42-19-6-4-15-37(42)33-34-47(50)56)36-55(61-58)49-25-14-24-48-46-23-10-13-28-53(46)59(57(48)49)51-26-11-8-21-44(51)45-22-9-12-27-52(45)59/h1-36H. The molecule has 0 saturated carbocycles. The SMILES string of the molecule is c1ccc(-c2nc(-c3ccc(-c4c5ccccc5cc5c4ccc4ccccc45)cc3)cc(-c3cccc4c3C3(c5ccccc5-c5ccccc53)c3ccccc3-4)n2)cc1. The van der Waals surface area contributed by atoms with Crippen LogP contribution in [0.2, 0.25) is 0 Å². The van der Waals surface area contributed by atoms with E-state index in [9.17, 15) is 0 Å². The maximum atomic E-state index is 5.45. The van der Waals surface area contributed by atoms with Crippen LogP contribution in [0.25, 0.3) is 99.6 Å². The van der Waals surface area contributed by atoms with Crippen LogP contribution in [-0.2, 0) is 5.41 Å². The van der Waals surface area contributed by atoms with Gasteiger partial charge in [-0.25, -0.2) is 9.97 Å². The molecule has 2 aliphatic rings. The summed E-state index contributed by atoms with van der Waals surface area (Å²) >= 11 is 0. The van der Waals surface area contributed by atoms with E-state index in [1.165, 1.54) is 88.0 Å². The van der Waals surface area contributed by atoms with Crippen molar-refractivity contribution in [2.45, 2.75) is 5.41 Å². The number of nitrogens with zero attached hydrogens (tertiary/aromatic N) is 2. The lowest BCUT2D eigenvalue weighted by Crippen LogP contribution is -2.26. The van der Waals surface area contributed by atoms with Gasteiger partial charge in [-0.15, -0.1) is 0 Å². The Morgan fingerprint density at radius 3 is 1.56 bits per heavy atom. The van der Waals surface area contributed by atoms with E-state index in [2.05, 4.69) is 212 Å². The van der Waals surface area contributed by atoms with Crippen LogP contribution in [0.3, 0.4) is 0 Å². The van der Waals surface area contributed by atoms with Gasteiger partial charge in [-0.2, -0.15) is 0 Å². The van der Waals surface area contributed by atoms with E-state index in [4.69, 9.17) is 9.97 Å². The molecule has 2 aliphatic carbocycles. The number of rotatable bonds is 4. The van der Waals surface area contributed by atoms with Gasteiger partial charge in [0, 0.05) is 16.7 Å². The van der Waals surface area contributed by atoms with Crippen LogP contribution in [0.1, 0.15) is 22.3 Å². The zero-order valence-corrected chi connectivity index (χ0v) is 33.2. The zero-order valence-electron chi connectivity index (χ0n) is 33.2. The van der Waals surface area contributed by atoms with Crippen molar-refractivity contribution in [2.24, 2.45) is 0 Å². The summed E-state index contributed by atoms with van der Waals surface area (Å²) in [7, 11) is 0. The summed E-state index contributed by atoms with van der Waals surface area (Å²) in [5.74, 6) is 0.707. The Kier molecular flexibility index (Phi) is 7.26. The number of benzene rings is 10. The summed E-state index contributed by atoms with van der Waals surface area (Å²) in [6.45, 7) is 0. The molecule has 2 heteroatoms. The monoisotopic (exact) mass is 772 g/mol. The van der Waals surface area contributed by atoms with Gasteiger partial charge in [0.05, 0.1) is 16.8 Å². The summed E-state index contributed by atoms with van der Waals surface area (Å²) in [5.41, 5.74) is 17.2. The predicted molar refractivity (Wildman–Crippen MR) is 253 cm³/mol. The molecule has 1 spiro atoms. The molecule has 10 aromatic carbocycles. The number of aromatic nitrogens is 2. The quantitative estimate of drug-likeness (QED) is 0.132. The molecule has 0 amide bonds. The molecule has 1 aromatic heterocycles. The molecule has 2 nitrogen and oxygen atoms in total. The average molecular weight is 773 g/mol. The Balaban J connectivity index is 1.03. The molecule has 11 aromatic rings. The largest absolute Gasteiger partial charge is 0.228 e. The molecule has 61 heavy (non-hydrogen) atoms. The fourth-order valence-corrected chi connectivity index (χ4v) is 10.8. The summed E-state index contributed by atoms with van der Waals surface area (Å²) in [6, 6.07) is 79.7. The second-order valence-corrected chi connectivity index (χ2v) is 16.4. The maximum Gasteiger partial charge on any atom is 0.160 e. The molecule has 0 atom stereocenters. The lowest BCUT2D eigenvalue weighted by Gasteiger charge is -2.32. The lowest BCUT2D eigenvalue weighted by atomic mass is 9.69. The topological polar surface area (TPSA) is 25.8 Å². The van der Waals surface area contributed by atoms with Gasteiger partial charge in [0.25, 0.3) is 0 Å². The Bertz CT molecular complexity index is 3520. The van der Waals surface area contributed by atoms with E-state index in [1.54, 1.807) is 0 Å². The maximum absolute atomic E-state index is 5.45. The zero-order chi connectivity index (χ0) is 40.1. The first kappa shape index (κ1) is 34.0. The third kappa shape index (κ3) is 4.85. The summed E-state index contributed by atoms with van der Waals surface area (Å²) < 4.78 is 0. The van der Waals surface area contributed by atoms with Gasteiger partial charge in [0.15, 0.2) is 5.82 Å². The van der Waals surface area contributed by atoms with Crippen LogP contribution in [0.4, 0.5) is 0 Å². The minimum absolute atomic E-state index is 0.498. The van der Waals surface area contributed by atoms with Crippen LogP contribution in [0, 0.1) is 0 Å². The molecule has 282 valence electrons. The van der Waals surface area contributed by atoms with Crippen molar-refractivity contribution < 1.29 is 0 Å². The summed E-state index contributed by atoms with van der Waals surface area (Å²) in [6.07, 6.45) is 0. The van der Waals surface area contributed by atoms with Gasteiger partial charge < -0.3 is 0 Å². The van der Waals surface area contributed by atoms with Crippen molar-refractivity contribution in [3.8, 4) is 67.3 Å². The highest BCUT2D eigenvalue weighted by atomic mass is 14.9. The van der Waals surface area contributed by atoms with Gasteiger partial charge in [0.2, 0.25) is 0 Å². The molecular formula is C59H36N2. The molecule has 0 unspecified atom stereocenters. The highest BCUT2D eigenvalue weighted by molar-refractivity contribution is 6.20. The summed E-state index contributed by atoms with van der Waals surface area (Å²) in [4.78, 5) is 10.8. The van der Waals surface area contributed by atoms with Crippen LogP contribution in [-0.4, -0.2) is 9.97 Å². The lowest BCUT2D eigenvalue weighted by molar-refractivity contribution is 0.795. The van der Waals surface area contributed by atoms with Crippen molar-refractivity contribution in [1.29, 1.82) is 0 Å². The first-order chi connectivity index (χ1) is 30.3. The second kappa shape index (κ2) is 13.0. The van der Waals surface area contributed by atoms with Crippen molar-refractivity contribution >= 4 is 32.3 Å². The van der Waals surface area contributed by atoms with E-state index in [-0.39, 0.29) is 0 Å². The van der Waals surface area contributed by atoms with Gasteiger partial charge in [-0.3, -0.25) is 0 Å². The smallest absolute Gasteiger partial charge is 0.160 e. The van der Waals surface area contributed by atoms with Gasteiger partial charge in [-0.05, 0) is 100 Å². The molecule has 0 bridgehead atoms. The van der Waals surface area contributed by atoms with E-state index in [0.29, 0.717) is 5.82 Å². The first-order valence-electron chi connectivity index (χ1n) is 21.1. The minimum atomic E-state index is -0.498. The van der Waals surface area contributed by atoms with E-state index >= 15 is 0 Å². The van der Waals surface area contributed by atoms with Crippen LogP contribution >= 0.6 is 0 Å². The third-order valence-corrected chi connectivity index (χ3v) is 13.3. The minimum Gasteiger partial charge on any atom is -0.228 e. The van der Waals surface area contributed by atoms with Crippen LogP contribution < -0.4 is 0 Å². The van der Waals surface area contributed by atoms with Gasteiger partial charge >= 0.3 is 0 Å². The molecule has 0 fully saturated rings. The molecule has 1 heterocycles. The first-order valence-corrected chi connectivity index (χ1v) is 21.1. The Morgan fingerprint density at radius 2 is 0.836 bits per heavy atom. The highest BCUT2D eigenvalue weighted by Gasteiger charge is 2.52.